The van der Waals surface area contributed by atoms with Crippen LogP contribution in [0.1, 0.15) is 35.7 Å². The highest BCUT2D eigenvalue weighted by molar-refractivity contribution is 7.98. The minimum atomic E-state index is 0.387. The molecule has 2 aromatic carbocycles. The molecule has 3 rings (SSSR count). The predicted molar refractivity (Wildman–Crippen MR) is 83.3 cm³/mol. The number of rotatable bonds is 3. The lowest BCUT2D eigenvalue weighted by atomic mass is 10.00. The standard InChI is InChI=1S/C17H19NS/c1-13(14-7-3-2-4-8-14)18-17-12-19-11-15-9-5-6-10-16(15)17/h2-10,13,17-18H,11-12H2,1H3/t13-,17?/m0/s1. The molecule has 0 saturated carbocycles. The van der Waals surface area contributed by atoms with Crippen molar-refractivity contribution >= 4 is 11.8 Å². The van der Waals surface area contributed by atoms with E-state index >= 15 is 0 Å². The zero-order chi connectivity index (χ0) is 13.1. The van der Waals surface area contributed by atoms with Crippen LogP contribution in [-0.2, 0) is 5.75 Å². The summed E-state index contributed by atoms with van der Waals surface area (Å²) in [5.41, 5.74) is 4.32. The Morgan fingerprint density at radius 1 is 1.05 bits per heavy atom. The third-order valence-electron chi connectivity index (χ3n) is 3.72. The summed E-state index contributed by atoms with van der Waals surface area (Å²) in [7, 11) is 0. The highest BCUT2D eigenvalue weighted by atomic mass is 32.2. The Balaban J connectivity index is 1.78. The van der Waals surface area contributed by atoms with Crippen LogP contribution in [0.15, 0.2) is 54.6 Å². The van der Waals surface area contributed by atoms with Crippen LogP contribution in [0.4, 0.5) is 0 Å². The summed E-state index contributed by atoms with van der Waals surface area (Å²) in [6, 6.07) is 20.3. The number of thioether (sulfide) groups is 1. The van der Waals surface area contributed by atoms with Crippen molar-refractivity contribution in [3.05, 3.63) is 71.3 Å². The molecule has 0 spiro atoms. The van der Waals surface area contributed by atoms with Gasteiger partial charge in [-0.2, -0.15) is 11.8 Å². The minimum Gasteiger partial charge on any atom is -0.303 e. The average Bonchev–Trinajstić information content (AvgIpc) is 2.48. The van der Waals surface area contributed by atoms with Gasteiger partial charge < -0.3 is 5.32 Å². The lowest BCUT2D eigenvalue weighted by molar-refractivity contribution is 0.496. The molecule has 0 fully saturated rings. The Morgan fingerprint density at radius 3 is 2.63 bits per heavy atom. The van der Waals surface area contributed by atoms with Crippen molar-refractivity contribution < 1.29 is 0 Å². The third kappa shape index (κ3) is 2.85. The molecule has 0 saturated heterocycles. The Labute approximate surface area is 119 Å². The molecule has 1 aliphatic rings. The molecule has 98 valence electrons. The number of benzene rings is 2. The third-order valence-corrected chi connectivity index (χ3v) is 4.81. The van der Waals surface area contributed by atoms with E-state index in [-0.39, 0.29) is 0 Å². The molecule has 1 heterocycles. The first kappa shape index (κ1) is 12.8. The van der Waals surface area contributed by atoms with Crippen molar-refractivity contribution in [1.82, 2.24) is 5.32 Å². The van der Waals surface area contributed by atoms with Gasteiger partial charge >= 0.3 is 0 Å². The molecule has 2 atom stereocenters. The van der Waals surface area contributed by atoms with E-state index in [2.05, 4.69) is 66.8 Å². The van der Waals surface area contributed by atoms with E-state index in [1.165, 1.54) is 16.7 Å². The number of nitrogens with one attached hydrogen (secondary N) is 1. The highest BCUT2D eigenvalue weighted by Crippen LogP contribution is 2.32. The fourth-order valence-electron chi connectivity index (χ4n) is 2.66. The van der Waals surface area contributed by atoms with E-state index in [0.717, 1.165) is 11.5 Å². The van der Waals surface area contributed by atoms with Gasteiger partial charge in [-0.15, -0.1) is 0 Å². The van der Waals surface area contributed by atoms with Crippen LogP contribution in [0.2, 0.25) is 0 Å². The van der Waals surface area contributed by atoms with Gasteiger partial charge in [-0.1, -0.05) is 54.6 Å². The SMILES string of the molecule is C[C@H](NC1CSCc2ccccc21)c1ccccc1. The molecule has 1 aliphatic heterocycles. The second kappa shape index (κ2) is 5.81. The molecule has 2 heteroatoms. The summed E-state index contributed by atoms with van der Waals surface area (Å²) in [5, 5.41) is 3.77. The maximum Gasteiger partial charge on any atom is 0.0419 e. The van der Waals surface area contributed by atoms with Crippen LogP contribution in [0, 0.1) is 0 Å². The second-order valence-electron chi connectivity index (χ2n) is 5.07. The topological polar surface area (TPSA) is 12.0 Å². The summed E-state index contributed by atoms with van der Waals surface area (Å²) in [6.45, 7) is 2.25. The smallest absolute Gasteiger partial charge is 0.0419 e. The van der Waals surface area contributed by atoms with Gasteiger partial charge in [-0.25, -0.2) is 0 Å². The lowest BCUT2D eigenvalue weighted by Crippen LogP contribution is -2.29. The predicted octanol–water partition coefficient (Wildman–Crippen LogP) is 4.33. The molecule has 1 N–H and O–H groups in total. The van der Waals surface area contributed by atoms with Gasteiger partial charge in [-0.3, -0.25) is 0 Å². The first-order valence-corrected chi connectivity index (χ1v) is 7.96. The zero-order valence-corrected chi connectivity index (χ0v) is 12.0. The normalized spacial score (nSPS) is 19.7. The summed E-state index contributed by atoms with van der Waals surface area (Å²) < 4.78 is 0. The highest BCUT2D eigenvalue weighted by Gasteiger charge is 2.21. The van der Waals surface area contributed by atoms with Crippen LogP contribution >= 0.6 is 11.8 Å². The Bertz CT molecular complexity index is 538. The monoisotopic (exact) mass is 269 g/mol. The molecule has 1 unspecified atom stereocenters. The van der Waals surface area contributed by atoms with Crippen molar-refractivity contribution in [2.45, 2.75) is 24.8 Å². The Kier molecular flexibility index (Phi) is 3.90. The quantitative estimate of drug-likeness (QED) is 0.890. The van der Waals surface area contributed by atoms with Gasteiger partial charge in [0.2, 0.25) is 0 Å². The Morgan fingerprint density at radius 2 is 1.79 bits per heavy atom. The van der Waals surface area contributed by atoms with Gasteiger partial charge in [0.05, 0.1) is 0 Å². The second-order valence-corrected chi connectivity index (χ2v) is 6.10. The van der Waals surface area contributed by atoms with E-state index in [1.54, 1.807) is 0 Å². The number of hydrogen-bond donors (Lipinski definition) is 1. The first-order valence-electron chi connectivity index (χ1n) is 6.81. The van der Waals surface area contributed by atoms with Crippen LogP contribution < -0.4 is 5.32 Å². The van der Waals surface area contributed by atoms with Gasteiger partial charge in [0.1, 0.15) is 0 Å². The largest absolute Gasteiger partial charge is 0.303 e. The molecule has 19 heavy (non-hydrogen) atoms. The van der Waals surface area contributed by atoms with Crippen molar-refractivity contribution in [1.29, 1.82) is 0 Å². The molecular formula is C17H19NS. The number of fused-ring (bicyclic) bond motifs is 1. The van der Waals surface area contributed by atoms with Crippen molar-refractivity contribution in [3.8, 4) is 0 Å². The van der Waals surface area contributed by atoms with E-state index in [0.29, 0.717) is 12.1 Å². The van der Waals surface area contributed by atoms with E-state index in [1.807, 2.05) is 11.8 Å². The van der Waals surface area contributed by atoms with E-state index in [4.69, 9.17) is 0 Å². The van der Waals surface area contributed by atoms with Gasteiger partial charge in [0.25, 0.3) is 0 Å². The zero-order valence-electron chi connectivity index (χ0n) is 11.2. The molecule has 0 bridgehead atoms. The van der Waals surface area contributed by atoms with Crippen molar-refractivity contribution in [2.24, 2.45) is 0 Å². The molecule has 1 nitrogen and oxygen atoms in total. The fourth-order valence-corrected chi connectivity index (χ4v) is 3.77. The van der Waals surface area contributed by atoms with Gasteiger partial charge in [-0.05, 0) is 23.6 Å². The van der Waals surface area contributed by atoms with Crippen molar-refractivity contribution in [3.63, 3.8) is 0 Å². The molecule has 2 aromatic rings. The maximum atomic E-state index is 3.77. The molecule has 0 radical (unpaired) electrons. The lowest BCUT2D eigenvalue weighted by Gasteiger charge is -2.29. The Hall–Kier alpha value is -1.25. The average molecular weight is 269 g/mol. The minimum absolute atomic E-state index is 0.387. The summed E-state index contributed by atoms with van der Waals surface area (Å²) in [4.78, 5) is 0. The van der Waals surface area contributed by atoms with Gasteiger partial charge in [0, 0.05) is 23.6 Å². The number of hydrogen-bond acceptors (Lipinski definition) is 2. The fraction of sp³-hybridized carbons (Fsp3) is 0.294. The van der Waals surface area contributed by atoms with Crippen LogP contribution in [-0.4, -0.2) is 5.75 Å². The van der Waals surface area contributed by atoms with Gasteiger partial charge in [0.15, 0.2) is 0 Å². The van der Waals surface area contributed by atoms with Crippen LogP contribution in [0.3, 0.4) is 0 Å². The van der Waals surface area contributed by atoms with E-state index < -0.39 is 0 Å². The molecule has 0 amide bonds. The molecule has 0 aliphatic carbocycles. The first-order chi connectivity index (χ1) is 9.34. The maximum absolute atomic E-state index is 3.77. The van der Waals surface area contributed by atoms with Crippen LogP contribution in [0.5, 0.6) is 0 Å². The summed E-state index contributed by atoms with van der Waals surface area (Å²) in [6.07, 6.45) is 0. The molecule has 0 aromatic heterocycles. The summed E-state index contributed by atoms with van der Waals surface area (Å²) >= 11 is 2.02. The summed E-state index contributed by atoms with van der Waals surface area (Å²) in [5.74, 6) is 2.31. The van der Waals surface area contributed by atoms with E-state index in [9.17, 15) is 0 Å². The molecular weight excluding hydrogens is 250 g/mol. The van der Waals surface area contributed by atoms with Crippen molar-refractivity contribution in [2.75, 3.05) is 5.75 Å². The van der Waals surface area contributed by atoms with Crippen LogP contribution in [0.25, 0.3) is 0 Å².